The number of likely N-dealkylation sites (N-methyl/N-ethyl adjacent to an activating group) is 1. The fourth-order valence-corrected chi connectivity index (χ4v) is 2.23. The van der Waals surface area contributed by atoms with Crippen LogP contribution in [0.15, 0.2) is 35.7 Å². The van der Waals surface area contributed by atoms with Crippen LogP contribution in [-0.4, -0.2) is 13.6 Å². The van der Waals surface area contributed by atoms with Crippen molar-refractivity contribution in [2.75, 3.05) is 13.6 Å². The van der Waals surface area contributed by atoms with E-state index in [0.717, 1.165) is 6.54 Å². The molecule has 0 aliphatic heterocycles. The summed E-state index contributed by atoms with van der Waals surface area (Å²) >= 11 is 1.79. The van der Waals surface area contributed by atoms with Gasteiger partial charge in [-0.2, -0.15) is 0 Å². The molecule has 2 aromatic rings. The zero-order valence-corrected chi connectivity index (χ0v) is 8.97. The summed E-state index contributed by atoms with van der Waals surface area (Å²) in [6, 6.07) is 8.71. The molecular formula is C12H13NS. The molecule has 72 valence electrons. The van der Waals surface area contributed by atoms with Crippen LogP contribution in [0.1, 0.15) is 5.56 Å². The van der Waals surface area contributed by atoms with Crippen molar-refractivity contribution in [3.8, 4) is 0 Å². The highest BCUT2D eigenvalue weighted by molar-refractivity contribution is 7.17. The number of thiophene rings is 1. The predicted octanol–water partition coefficient (Wildman–Crippen LogP) is 3.13. The van der Waals surface area contributed by atoms with E-state index in [1.54, 1.807) is 11.3 Å². The maximum absolute atomic E-state index is 3.09. The van der Waals surface area contributed by atoms with Crippen LogP contribution < -0.4 is 5.32 Å². The van der Waals surface area contributed by atoms with Crippen molar-refractivity contribution in [3.05, 3.63) is 41.3 Å². The molecule has 1 aromatic carbocycles. The van der Waals surface area contributed by atoms with Crippen LogP contribution in [0.4, 0.5) is 0 Å². The lowest BCUT2D eigenvalue weighted by Crippen LogP contribution is -2.03. The van der Waals surface area contributed by atoms with Gasteiger partial charge in [-0.05, 0) is 35.5 Å². The van der Waals surface area contributed by atoms with Gasteiger partial charge in [-0.25, -0.2) is 0 Å². The minimum atomic E-state index is 0.919. The van der Waals surface area contributed by atoms with E-state index in [2.05, 4.69) is 47.1 Å². The molecule has 14 heavy (non-hydrogen) atoms. The number of nitrogens with one attached hydrogen (secondary N) is 1. The molecule has 1 aromatic heterocycles. The van der Waals surface area contributed by atoms with Crippen molar-refractivity contribution < 1.29 is 0 Å². The van der Waals surface area contributed by atoms with Crippen molar-refractivity contribution in [3.63, 3.8) is 0 Å². The first-order valence-corrected chi connectivity index (χ1v) is 5.56. The van der Waals surface area contributed by atoms with E-state index in [1.165, 1.54) is 15.6 Å². The standard InChI is InChI=1S/C12H13NS/c1-13-7-2-3-10-4-5-11-6-8-14-12(11)9-10/h2-6,8-9,13H,7H2,1H3. The quantitative estimate of drug-likeness (QED) is 0.808. The predicted molar refractivity (Wildman–Crippen MR) is 64.8 cm³/mol. The zero-order chi connectivity index (χ0) is 9.80. The molecular weight excluding hydrogens is 190 g/mol. The molecule has 0 radical (unpaired) electrons. The Hall–Kier alpha value is -1.12. The third-order valence-electron chi connectivity index (χ3n) is 2.11. The number of benzene rings is 1. The molecule has 2 heteroatoms. The summed E-state index contributed by atoms with van der Waals surface area (Å²) in [7, 11) is 1.95. The van der Waals surface area contributed by atoms with E-state index in [4.69, 9.17) is 0 Å². The summed E-state index contributed by atoms with van der Waals surface area (Å²) in [5.41, 5.74) is 1.27. The van der Waals surface area contributed by atoms with Crippen molar-refractivity contribution in [1.82, 2.24) is 5.32 Å². The summed E-state index contributed by atoms with van der Waals surface area (Å²) < 4.78 is 1.36. The van der Waals surface area contributed by atoms with Gasteiger partial charge in [0.2, 0.25) is 0 Å². The van der Waals surface area contributed by atoms with Crippen molar-refractivity contribution in [2.45, 2.75) is 0 Å². The van der Waals surface area contributed by atoms with E-state index >= 15 is 0 Å². The first-order valence-electron chi connectivity index (χ1n) is 4.68. The topological polar surface area (TPSA) is 12.0 Å². The smallest absolute Gasteiger partial charge is 0.0348 e. The van der Waals surface area contributed by atoms with Gasteiger partial charge in [0.05, 0.1) is 0 Å². The second kappa shape index (κ2) is 4.40. The highest BCUT2D eigenvalue weighted by atomic mass is 32.1. The SMILES string of the molecule is CNCC=Cc1ccc2ccsc2c1. The van der Waals surface area contributed by atoms with Gasteiger partial charge in [-0.3, -0.25) is 0 Å². The van der Waals surface area contributed by atoms with Gasteiger partial charge in [0, 0.05) is 11.2 Å². The normalized spacial score (nSPS) is 11.5. The maximum Gasteiger partial charge on any atom is 0.0348 e. The molecule has 1 heterocycles. The molecule has 0 unspecified atom stereocenters. The van der Waals surface area contributed by atoms with Crippen LogP contribution in [0.25, 0.3) is 16.2 Å². The highest BCUT2D eigenvalue weighted by Gasteiger charge is 1.94. The third kappa shape index (κ3) is 2.03. The summed E-state index contributed by atoms with van der Waals surface area (Å²) in [4.78, 5) is 0. The second-order valence-electron chi connectivity index (χ2n) is 3.18. The average Bonchev–Trinajstić information content (AvgIpc) is 2.65. The molecule has 2 rings (SSSR count). The number of rotatable bonds is 3. The van der Waals surface area contributed by atoms with Crippen molar-refractivity contribution in [2.24, 2.45) is 0 Å². The van der Waals surface area contributed by atoms with Gasteiger partial charge < -0.3 is 5.32 Å². The summed E-state index contributed by atoms with van der Waals surface area (Å²) in [6.45, 7) is 0.919. The summed E-state index contributed by atoms with van der Waals surface area (Å²) in [5.74, 6) is 0. The first kappa shape index (κ1) is 9.44. The van der Waals surface area contributed by atoms with Crippen LogP contribution >= 0.6 is 11.3 Å². The molecule has 0 saturated carbocycles. The Labute approximate surface area is 88.1 Å². The molecule has 1 N–H and O–H groups in total. The Morgan fingerprint density at radius 1 is 1.36 bits per heavy atom. The lowest BCUT2D eigenvalue weighted by Gasteiger charge is -1.94. The van der Waals surface area contributed by atoms with Gasteiger partial charge in [0.25, 0.3) is 0 Å². The van der Waals surface area contributed by atoms with Gasteiger partial charge in [0.15, 0.2) is 0 Å². The van der Waals surface area contributed by atoms with Crippen LogP contribution in [-0.2, 0) is 0 Å². The molecule has 0 atom stereocenters. The zero-order valence-electron chi connectivity index (χ0n) is 8.16. The molecule has 0 spiro atoms. The fourth-order valence-electron chi connectivity index (χ4n) is 1.39. The number of hydrogen-bond acceptors (Lipinski definition) is 2. The fraction of sp³-hybridized carbons (Fsp3) is 0.167. The Kier molecular flexibility index (Phi) is 2.96. The van der Waals surface area contributed by atoms with Crippen LogP contribution in [0.2, 0.25) is 0 Å². The van der Waals surface area contributed by atoms with E-state index in [9.17, 15) is 0 Å². The lowest BCUT2D eigenvalue weighted by atomic mass is 10.1. The molecule has 0 fully saturated rings. The largest absolute Gasteiger partial charge is 0.316 e. The van der Waals surface area contributed by atoms with Gasteiger partial charge in [0.1, 0.15) is 0 Å². The third-order valence-corrected chi connectivity index (χ3v) is 2.99. The van der Waals surface area contributed by atoms with E-state index in [0.29, 0.717) is 0 Å². The highest BCUT2D eigenvalue weighted by Crippen LogP contribution is 2.22. The molecule has 0 amide bonds. The Morgan fingerprint density at radius 3 is 3.14 bits per heavy atom. The lowest BCUT2D eigenvalue weighted by molar-refractivity contribution is 0.922. The van der Waals surface area contributed by atoms with E-state index < -0.39 is 0 Å². The van der Waals surface area contributed by atoms with Crippen LogP contribution in [0.3, 0.4) is 0 Å². The number of hydrogen-bond donors (Lipinski definition) is 1. The van der Waals surface area contributed by atoms with Gasteiger partial charge in [-0.1, -0.05) is 24.3 Å². The Balaban J connectivity index is 2.25. The summed E-state index contributed by atoms with van der Waals surface area (Å²) in [5, 5.41) is 6.55. The van der Waals surface area contributed by atoms with E-state index in [1.807, 2.05) is 7.05 Å². The Morgan fingerprint density at radius 2 is 2.29 bits per heavy atom. The average molecular weight is 203 g/mol. The van der Waals surface area contributed by atoms with Crippen LogP contribution in [0, 0.1) is 0 Å². The molecule has 1 nitrogen and oxygen atoms in total. The van der Waals surface area contributed by atoms with Crippen molar-refractivity contribution >= 4 is 27.5 Å². The monoisotopic (exact) mass is 203 g/mol. The minimum absolute atomic E-state index is 0.919. The molecule has 0 bridgehead atoms. The van der Waals surface area contributed by atoms with Gasteiger partial charge in [-0.15, -0.1) is 11.3 Å². The first-order chi connectivity index (χ1) is 6.90. The molecule has 0 aliphatic rings. The maximum atomic E-state index is 3.09. The Bertz CT molecular complexity index is 442. The minimum Gasteiger partial charge on any atom is -0.316 e. The van der Waals surface area contributed by atoms with Crippen LogP contribution in [0.5, 0.6) is 0 Å². The summed E-state index contributed by atoms with van der Waals surface area (Å²) in [6.07, 6.45) is 4.28. The second-order valence-corrected chi connectivity index (χ2v) is 4.13. The number of fused-ring (bicyclic) bond motifs is 1. The van der Waals surface area contributed by atoms with Gasteiger partial charge >= 0.3 is 0 Å². The molecule has 0 aliphatic carbocycles. The molecule has 0 saturated heterocycles. The van der Waals surface area contributed by atoms with Crippen molar-refractivity contribution in [1.29, 1.82) is 0 Å². The van der Waals surface area contributed by atoms with E-state index in [-0.39, 0.29) is 0 Å².